The number of anilines is 1. The second kappa shape index (κ2) is 12.5. The Morgan fingerprint density at radius 2 is 1.71 bits per heavy atom. The molecule has 1 N–H and O–H groups in total. The van der Waals surface area contributed by atoms with E-state index in [1.54, 1.807) is 32.6 Å². The van der Waals surface area contributed by atoms with Gasteiger partial charge in [-0.05, 0) is 55.5 Å². The zero-order valence-electron chi connectivity index (χ0n) is 22.6. The van der Waals surface area contributed by atoms with Crippen molar-refractivity contribution in [2.24, 2.45) is 5.92 Å². The van der Waals surface area contributed by atoms with Crippen LogP contribution in [0, 0.1) is 5.92 Å². The topological polar surface area (TPSA) is 113 Å². The van der Waals surface area contributed by atoms with Gasteiger partial charge in [-0.25, -0.2) is 13.2 Å². The van der Waals surface area contributed by atoms with Gasteiger partial charge in [-0.15, -0.1) is 0 Å². The molecule has 0 fully saturated rings. The van der Waals surface area contributed by atoms with E-state index in [2.05, 4.69) is 5.32 Å². The number of rotatable bonds is 10. The first-order chi connectivity index (χ1) is 18.0. The van der Waals surface area contributed by atoms with E-state index >= 15 is 0 Å². The van der Waals surface area contributed by atoms with E-state index in [0.29, 0.717) is 19.6 Å². The molecule has 0 spiro atoms. The maximum atomic E-state index is 13.2. The van der Waals surface area contributed by atoms with Crippen molar-refractivity contribution >= 4 is 33.5 Å². The molecule has 206 valence electrons. The molecule has 0 bridgehead atoms. The quantitative estimate of drug-likeness (QED) is 0.460. The van der Waals surface area contributed by atoms with Gasteiger partial charge in [0.05, 0.1) is 4.90 Å². The molecule has 2 atom stereocenters. The summed E-state index contributed by atoms with van der Waals surface area (Å²) in [5.41, 5.74) is 1.99. The molecule has 0 aromatic heterocycles. The summed E-state index contributed by atoms with van der Waals surface area (Å²) in [6.07, 6.45) is 0.652. The Hall–Kier alpha value is -3.24. The zero-order valence-corrected chi connectivity index (χ0v) is 23.5. The van der Waals surface area contributed by atoms with Crippen LogP contribution in [0.15, 0.2) is 53.4 Å². The van der Waals surface area contributed by atoms with Crippen LogP contribution in [0.1, 0.15) is 57.0 Å². The van der Waals surface area contributed by atoms with Crippen LogP contribution in [0.25, 0.3) is 0 Å². The molecular formula is C28H37N3O6S. The van der Waals surface area contributed by atoms with Crippen LogP contribution >= 0.6 is 0 Å². The number of aryl methyl sites for hydroxylation is 1. The summed E-state index contributed by atoms with van der Waals surface area (Å²) >= 11 is 0. The molecule has 1 aliphatic heterocycles. The number of carbonyl (C=O) groups excluding carboxylic acids is 3. The monoisotopic (exact) mass is 543 g/mol. The highest BCUT2D eigenvalue weighted by molar-refractivity contribution is 7.89. The number of ether oxygens (including phenoxy) is 1. The van der Waals surface area contributed by atoms with Gasteiger partial charge in [-0.3, -0.25) is 9.59 Å². The van der Waals surface area contributed by atoms with Crippen molar-refractivity contribution in [3.05, 3.63) is 59.7 Å². The molecule has 3 rings (SSSR count). The fourth-order valence-corrected chi connectivity index (χ4v) is 6.02. The molecule has 38 heavy (non-hydrogen) atoms. The van der Waals surface area contributed by atoms with E-state index in [4.69, 9.17) is 4.74 Å². The number of esters is 1. The standard InChI is InChI=1S/C28H37N3O6S/c1-6-30(7-2)38(35,36)23-15-10-13-22(18-23)26(32)29-25(19(3)4)28(34)37-20(5)27(33)31-17-11-14-21-12-8-9-16-24(21)31/h8-10,12-13,15-16,18-20,25H,6-7,11,14,17H2,1-5H3,(H,29,32)/t20-,25-/m1/s1. The first-order valence-corrected chi connectivity index (χ1v) is 14.5. The minimum atomic E-state index is -3.76. The van der Waals surface area contributed by atoms with Crippen molar-refractivity contribution in [3.63, 3.8) is 0 Å². The second-order valence-corrected chi connectivity index (χ2v) is 11.6. The van der Waals surface area contributed by atoms with Crippen molar-refractivity contribution in [1.82, 2.24) is 9.62 Å². The number of nitrogens with one attached hydrogen (secondary N) is 1. The summed E-state index contributed by atoms with van der Waals surface area (Å²) in [5, 5.41) is 2.66. The fraction of sp³-hybridized carbons (Fsp3) is 0.464. The van der Waals surface area contributed by atoms with Gasteiger partial charge in [0, 0.05) is 30.9 Å². The number of para-hydroxylation sites is 1. The first kappa shape index (κ1) is 29.3. The van der Waals surface area contributed by atoms with Crippen LogP contribution in [-0.4, -0.2) is 62.3 Å². The minimum Gasteiger partial charge on any atom is -0.451 e. The highest BCUT2D eigenvalue weighted by Gasteiger charge is 2.33. The Morgan fingerprint density at radius 1 is 1.03 bits per heavy atom. The van der Waals surface area contributed by atoms with Crippen molar-refractivity contribution in [2.75, 3.05) is 24.5 Å². The Bertz CT molecular complexity index is 1270. The van der Waals surface area contributed by atoms with Crippen LogP contribution in [0.4, 0.5) is 5.69 Å². The van der Waals surface area contributed by atoms with Gasteiger partial charge >= 0.3 is 5.97 Å². The van der Waals surface area contributed by atoms with Crippen LogP contribution < -0.4 is 10.2 Å². The van der Waals surface area contributed by atoms with Gasteiger partial charge in [-0.2, -0.15) is 4.31 Å². The Kier molecular flexibility index (Phi) is 9.67. The molecule has 0 saturated heterocycles. The van der Waals surface area contributed by atoms with Crippen molar-refractivity contribution in [2.45, 2.75) is 64.5 Å². The van der Waals surface area contributed by atoms with Gasteiger partial charge < -0.3 is 15.0 Å². The summed E-state index contributed by atoms with van der Waals surface area (Å²) in [7, 11) is -3.76. The Balaban J connectivity index is 1.72. The molecule has 10 heteroatoms. The van der Waals surface area contributed by atoms with E-state index < -0.39 is 34.0 Å². The smallest absolute Gasteiger partial charge is 0.329 e. The van der Waals surface area contributed by atoms with Crippen LogP contribution in [0.3, 0.4) is 0 Å². The maximum Gasteiger partial charge on any atom is 0.329 e. The lowest BCUT2D eigenvalue weighted by molar-refractivity contribution is -0.156. The van der Waals surface area contributed by atoms with Crippen molar-refractivity contribution in [1.29, 1.82) is 0 Å². The summed E-state index contributed by atoms with van der Waals surface area (Å²) < 4.78 is 32.6. The molecule has 0 aliphatic carbocycles. The lowest BCUT2D eigenvalue weighted by Gasteiger charge is -2.31. The summed E-state index contributed by atoms with van der Waals surface area (Å²) in [6.45, 7) is 9.65. The van der Waals surface area contributed by atoms with Gasteiger partial charge in [0.25, 0.3) is 11.8 Å². The van der Waals surface area contributed by atoms with Crippen molar-refractivity contribution in [3.8, 4) is 0 Å². The van der Waals surface area contributed by atoms with E-state index in [1.807, 2.05) is 24.3 Å². The zero-order chi connectivity index (χ0) is 28.0. The number of sulfonamides is 1. The minimum absolute atomic E-state index is 0.00134. The van der Waals surface area contributed by atoms with Crippen LogP contribution in [-0.2, 0) is 30.8 Å². The fourth-order valence-electron chi connectivity index (χ4n) is 4.51. The third kappa shape index (κ3) is 6.42. The summed E-state index contributed by atoms with van der Waals surface area (Å²) in [4.78, 5) is 40.9. The number of fused-ring (bicyclic) bond motifs is 1. The van der Waals surface area contributed by atoms with Gasteiger partial charge in [0.2, 0.25) is 10.0 Å². The number of benzene rings is 2. The van der Waals surface area contributed by atoms with Gasteiger partial charge in [0.1, 0.15) is 6.04 Å². The average Bonchev–Trinajstić information content (AvgIpc) is 2.91. The largest absolute Gasteiger partial charge is 0.451 e. The maximum absolute atomic E-state index is 13.2. The molecule has 0 radical (unpaired) electrons. The Labute approximate surface area is 225 Å². The molecule has 9 nitrogen and oxygen atoms in total. The summed E-state index contributed by atoms with van der Waals surface area (Å²) in [6, 6.07) is 12.3. The number of hydrogen-bond acceptors (Lipinski definition) is 6. The molecular weight excluding hydrogens is 506 g/mol. The molecule has 2 aromatic rings. The van der Waals surface area contributed by atoms with Gasteiger partial charge in [0.15, 0.2) is 6.10 Å². The van der Waals surface area contributed by atoms with E-state index in [-0.39, 0.29) is 22.3 Å². The van der Waals surface area contributed by atoms with Crippen LogP contribution in [0.5, 0.6) is 0 Å². The molecule has 1 heterocycles. The number of carbonyl (C=O) groups is 3. The first-order valence-electron chi connectivity index (χ1n) is 13.0. The van der Waals surface area contributed by atoms with Crippen molar-refractivity contribution < 1.29 is 27.5 Å². The van der Waals surface area contributed by atoms with E-state index in [1.165, 1.54) is 35.5 Å². The predicted molar refractivity (Wildman–Crippen MR) is 145 cm³/mol. The number of nitrogens with zero attached hydrogens (tertiary/aromatic N) is 2. The second-order valence-electron chi connectivity index (χ2n) is 9.61. The van der Waals surface area contributed by atoms with E-state index in [0.717, 1.165) is 24.1 Å². The Morgan fingerprint density at radius 3 is 2.37 bits per heavy atom. The average molecular weight is 544 g/mol. The molecule has 2 aromatic carbocycles. The third-order valence-electron chi connectivity index (χ3n) is 6.66. The molecule has 1 aliphatic rings. The molecule has 0 unspecified atom stereocenters. The number of amides is 2. The SMILES string of the molecule is CCN(CC)S(=O)(=O)c1cccc(C(=O)N[C@@H](C(=O)O[C@H](C)C(=O)N2CCCc3ccccc32)C(C)C)c1. The third-order valence-corrected chi connectivity index (χ3v) is 8.71. The molecule has 0 saturated carbocycles. The highest BCUT2D eigenvalue weighted by atomic mass is 32.2. The highest BCUT2D eigenvalue weighted by Crippen LogP contribution is 2.27. The number of hydrogen-bond donors (Lipinski definition) is 1. The van der Waals surface area contributed by atoms with E-state index in [9.17, 15) is 22.8 Å². The molecule has 2 amide bonds. The van der Waals surface area contributed by atoms with Gasteiger partial charge in [-0.1, -0.05) is 52.0 Å². The lowest BCUT2D eigenvalue weighted by Crippen LogP contribution is -2.49. The summed E-state index contributed by atoms with van der Waals surface area (Å²) in [5.74, 6) is -2.01. The van der Waals surface area contributed by atoms with Crippen LogP contribution in [0.2, 0.25) is 0 Å². The predicted octanol–water partition coefficient (Wildman–Crippen LogP) is 3.38. The normalized spacial score (nSPS) is 15.1. The lowest BCUT2D eigenvalue weighted by atomic mass is 10.0.